The van der Waals surface area contributed by atoms with Crippen molar-refractivity contribution >= 4 is 21.7 Å². The topological polar surface area (TPSA) is 98.5 Å². The summed E-state index contributed by atoms with van der Waals surface area (Å²) < 4.78 is 29.7. The van der Waals surface area contributed by atoms with E-state index in [4.69, 9.17) is 5.73 Å². The minimum atomic E-state index is -3.69. The van der Waals surface area contributed by atoms with Crippen molar-refractivity contribution in [3.05, 3.63) is 29.3 Å². The average molecular weight is 272 g/mol. The number of hydrogen-bond donors (Lipinski definition) is 2. The van der Waals surface area contributed by atoms with E-state index in [1.807, 2.05) is 0 Å². The average Bonchev–Trinajstić information content (AvgIpc) is 2.30. The number of methoxy groups -OCH3 is 1. The van der Waals surface area contributed by atoms with Crippen molar-refractivity contribution in [3.8, 4) is 0 Å². The summed E-state index contributed by atoms with van der Waals surface area (Å²) in [7, 11) is -2.55. The van der Waals surface area contributed by atoms with Crippen LogP contribution in [0, 0.1) is 6.92 Å². The fraction of sp³-hybridized carbons (Fsp3) is 0.364. The molecule has 0 aliphatic heterocycles. The number of esters is 1. The van der Waals surface area contributed by atoms with Crippen molar-refractivity contribution < 1.29 is 17.9 Å². The number of rotatable bonds is 5. The second-order valence-electron chi connectivity index (χ2n) is 3.79. The molecule has 1 rings (SSSR count). The van der Waals surface area contributed by atoms with Crippen LogP contribution in [0.3, 0.4) is 0 Å². The highest BCUT2D eigenvalue weighted by Crippen LogP contribution is 2.15. The molecular formula is C11H16N2O4S. The summed E-state index contributed by atoms with van der Waals surface area (Å²) in [5.41, 5.74) is 7.89. The molecule has 0 spiro atoms. The lowest BCUT2D eigenvalue weighted by molar-refractivity contribution is -0.137. The lowest BCUT2D eigenvalue weighted by Crippen LogP contribution is -2.30. The van der Waals surface area contributed by atoms with Crippen LogP contribution in [0.1, 0.15) is 11.1 Å². The number of hydrogen-bond acceptors (Lipinski definition) is 5. The molecule has 3 N–H and O–H groups in total. The minimum absolute atomic E-state index is 0.0935. The Morgan fingerprint density at radius 3 is 2.72 bits per heavy atom. The van der Waals surface area contributed by atoms with E-state index in [-0.39, 0.29) is 6.54 Å². The molecule has 0 aromatic heterocycles. The molecule has 7 heteroatoms. The molecule has 0 unspecified atom stereocenters. The molecule has 0 aliphatic carbocycles. The molecule has 1 aromatic rings. The van der Waals surface area contributed by atoms with E-state index >= 15 is 0 Å². The predicted octanol–water partition coefficient (Wildman–Crippen LogP) is 0.170. The molecule has 0 heterocycles. The van der Waals surface area contributed by atoms with Crippen LogP contribution in [-0.4, -0.2) is 27.2 Å². The van der Waals surface area contributed by atoms with Gasteiger partial charge in [0.05, 0.1) is 7.11 Å². The largest absolute Gasteiger partial charge is 0.468 e. The van der Waals surface area contributed by atoms with Gasteiger partial charge in [0.15, 0.2) is 5.75 Å². The van der Waals surface area contributed by atoms with Crippen LogP contribution < -0.4 is 10.5 Å². The van der Waals surface area contributed by atoms with Crippen LogP contribution in [0.5, 0.6) is 0 Å². The Labute approximate surface area is 106 Å². The standard InChI is InChI=1S/C11H16N2O4S/c1-8-9(4-3-5-10(8)12)6-13-18(15,16)7-11(14)17-2/h3-5,13H,6-7,12H2,1-2H3. The molecule has 0 amide bonds. The monoisotopic (exact) mass is 272 g/mol. The van der Waals surface area contributed by atoms with Gasteiger partial charge in [-0.05, 0) is 24.1 Å². The summed E-state index contributed by atoms with van der Waals surface area (Å²) in [5.74, 6) is -1.49. The SMILES string of the molecule is COC(=O)CS(=O)(=O)NCc1cccc(N)c1C. The lowest BCUT2D eigenvalue weighted by Gasteiger charge is -2.09. The van der Waals surface area contributed by atoms with E-state index in [1.54, 1.807) is 25.1 Å². The highest BCUT2D eigenvalue weighted by atomic mass is 32.2. The van der Waals surface area contributed by atoms with Crippen molar-refractivity contribution in [1.82, 2.24) is 4.72 Å². The molecule has 18 heavy (non-hydrogen) atoms. The zero-order valence-corrected chi connectivity index (χ0v) is 11.1. The molecule has 0 aliphatic rings. The van der Waals surface area contributed by atoms with Gasteiger partial charge < -0.3 is 10.5 Å². The quantitative estimate of drug-likeness (QED) is 0.588. The third-order valence-corrected chi connectivity index (χ3v) is 3.71. The van der Waals surface area contributed by atoms with Gasteiger partial charge in [0, 0.05) is 12.2 Å². The lowest BCUT2D eigenvalue weighted by atomic mass is 10.1. The number of carbonyl (C=O) groups is 1. The van der Waals surface area contributed by atoms with Gasteiger partial charge in [0.1, 0.15) is 0 Å². The van der Waals surface area contributed by atoms with Crippen molar-refractivity contribution in [2.45, 2.75) is 13.5 Å². The predicted molar refractivity (Wildman–Crippen MR) is 68.2 cm³/mol. The van der Waals surface area contributed by atoms with E-state index in [0.717, 1.165) is 18.2 Å². The van der Waals surface area contributed by atoms with E-state index < -0.39 is 21.7 Å². The van der Waals surface area contributed by atoms with Crippen molar-refractivity contribution in [2.75, 3.05) is 18.6 Å². The van der Waals surface area contributed by atoms with Gasteiger partial charge >= 0.3 is 5.97 Å². The molecule has 0 saturated heterocycles. The maximum atomic E-state index is 11.5. The van der Waals surface area contributed by atoms with Crippen LogP contribution in [0.2, 0.25) is 0 Å². The molecule has 6 nitrogen and oxygen atoms in total. The Bertz CT molecular complexity index is 540. The zero-order valence-electron chi connectivity index (χ0n) is 10.3. The number of benzene rings is 1. The van der Waals surface area contributed by atoms with E-state index in [2.05, 4.69) is 9.46 Å². The van der Waals surface area contributed by atoms with Crippen molar-refractivity contribution in [2.24, 2.45) is 0 Å². The fourth-order valence-corrected chi connectivity index (χ4v) is 2.25. The molecule has 100 valence electrons. The molecule has 1 aromatic carbocycles. The zero-order chi connectivity index (χ0) is 13.8. The number of nitrogens with two attached hydrogens (primary N) is 1. The number of anilines is 1. The Morgan fingerprint density at radius 2 is 2.11 bits per heavy atom. The van der Waals surface area contributed by atoms with E-state index in [1.165, 1.54) is 0 Å². The first-order valence-corrected chi connectivity index (χ1v) is 6.89. The molecule has 0 saturated carbocycles. The summed E-state index contributed by atoms with van der Waals surface area (Å²) >= 11 is 0. The van der Waals surface area contributed by atoms with Crippen LogP contribution in [0.25, 0.3) is 0 Å². The van der Waals surface area contributed by atoms with Gasteiger partial charge in [0.25, 0.3) is 0 Å². The number of nitrogens with one attached hydrogen (secondary N) is 1. The highest BCUT2D eigenvalue weighted by molar-refractivity contribution is 7.90. The smallest absolute Gasteiger partial charge is 0.322 e. The van der Waals surface area contributed by atoms with Crippen LogP contribution in [-0.2, 0) is 26.1 Å². The molecule has 0 fully saturated rings. The Hall–Kier alpha value is -1.60. The maximum absolute atomic E-state index is 11.5. The van der Waals surface area contributed by atoms with Gasteiger partial charge in [0.2, 0.25) is 10.0 Å². The first-order chi connectivity index (χ1) is 8.35. The Balaban J connectivity index is 2.70. The summed E-state index contributed by atoms with van der Waals surface area (Å²) in [6.07, 6.45) is 0. The summed E-state index contributed by atoms with van der Waals surface area (Å²) in [6.45, 7) is 1.90. The third-order valence-electron chi connectivity index (χ3n) is 2.51. The normalized spacial score (nSPS) is 11.2. The molecule has 0 radical (unpaired) electrons. The van der Waals surface area contributed by atoms with Gasteiger partial charge in [-0.15, -0.1) is 0 Å². The first-order valence-electron chi connectivity index (χ1n) is 5.24. The van der Waals surface area contributed by atoms with Gasteiger partial charge in [-0.25, -0.2) is 13.1 Å². The molecule has 0 bridgehead atoms. The van der Waals surface area contributed by atoms with Gasteiger partial charge in [-0.2, -0.15) is 0 Å². The van der Waals surface area contributed by atoms with Crippen LogP contribution >= 0.6 is 0 Å². The summed E-state index contributed by atoms with van der Waals surface area (Å²) in [4.78, 5) is 10.9. The van der Waals surface area contributed by atoms with Gasteiger partial charge in [-0.1, -0.05) is 12.1 Å². The van der Waals surface area contributed by atoms with E-state index in [0.29, 0.717) is 5.69 Å². The molecule has 0 atom stereocenters. The number of ether oxygens (including phenoxy) is 1. The third kappa shape index (κ3) is 4.01. The summed E-state index contributed by atoms with van der Waals surface area (Å²) in [5, 5.41) is 0. The van der Waals surface area contributed by atoms with Crippen molar-refractivity contribution in [1.29, 1.82) is 0 Å². The number of sulfonamides is 1. The Kier molecular flexibility index (Phi) is 4.69. The summed E-state index contributed by atoms with van der Waals surface area (Å²) in [6, 6.07) is 5.25. The molecular weight excluding hydrogens is 256 g/mol. The van der Waals surface area contributed by atoms with Gasteiger partial charge in [-0.3, -0.25) is 4.79 Å². The van der Waals surface area contributed by atoms with Crippen LogP contribution in [0.4, 0.5) is 5.69 Å². The maximum Gasteiger partial charge on any atom is 0.322 e. The second kappa shape index (κ2) is 5.83. The van der Waals surface area contributed by atoms with E-state index in [9.17, 15) is 13.2 Å². The van der Waals surface area contributed by atoms with Crippen molar-refractivity contribution in [3.63, 3.8) is 0 Å². The first kappa shape index (κ1) is 14.5. The van der Waals surface area contributed by atoms with Crippen LogP contribution in [0.15, 0.2) is 18.2 Å². The number of carbonyl (C=O) groups excluding carboxylic acids is 1. The fourth-order valence-electron chi connectivity index (χ4n) is 1.35. The Morgan fingerprint density at radius 1 is 1.44 bits per heavy atom. The second-order valence-corrected chi connectivity index (χ2v) is 5.59. The highest BCUT2D eigenvalue weighted by Gasteiger charge is 2.16. The number of nitrogen functional groups attached to an aromatic ring is 1. The minimum Gasteiger partial charge on any atom is -0.468 e.